The van der Waals surface area contributed by atoms with Crippen molar-refractivity contribution in [1.29, 1.82) is 0 Å². The minimum Gasteiger partial charge on any atom is -0.315 e. The summed E-state index contributed by atoms with van der Waals surface area (Å²) in [5.41, 5.74) is 4.30. The lowest BCUT2D eigenvalue weighted by atomic mass is 9.92. The molecule has 3 heteroatoms. The van der Waals surface area contributed by atoms with Crippen LogP contribution < -0.4 is 5.43 Å². The van der Waals surface area contributed by atoms with E-state index in [9.17, 15) is 4.79 Å². The fourth-order valence-corrected chi connectivity index (χ4v) is 1.75. The number of hydrogen-bond donors (Lipinski definition) is 1. The largest absolute Gasteiger partial charge is 0.315 e. The molecule has 2 aliphatic rings. The molecule has 11 heavy (non-hydrogen) atoms. The highest BCUT2D eigenvalue weighted by molar-refractivity contribution is 5.85. The maximum atomic E-state index is 11.3. The van der Waals surface area contributed by atoms with Gasteiger partial charge in [0.05, 0.1) is 5.92 Å². The van der Waals surface area contributed by atoms with Gasteiger partial charge in [0.2, 0.25) is 0 Å². The molecule has 1 fully saturated rings. The molecule has 0 radical (unpaired) electrons. The van der Waals surface area contributed by atoms with Crippen LogP contribution in [-0.4, -0.2) is 24.4 Å². The van der Waals surface area contributed by atoms with Crippen LogP contribution in [0.25, 0.3) is 0 Å². The van der Waals surface area contributed by atoms with Gasteiger partial charge in [0.15, 0.2) is 0 Å². The lowest BCUT2D eigenvalue weighted by molar-refractivity contribution is -0.121. The first-order chi connectivity index (χ1) is 5.29. The molecule has 1 heterocycles. The van der Waals surface area contributed by atoms with Crippen molar-refractivity contribution in [1.82, 2.24) is 10.4 Å². The predicted octanol–water partition coefficient (Wildman–Crippen LogP) is 0.299. The Labute approximate surface area is 66.0 Å². The Bertz CT molecular complexity index is 222. The van der Waals surface area contributed by atoms with Gasteiger partial charge in [0.1, 0.15) is 5.78 Å². The molecule has 1 aliphatic carbocycles. The fourth-order valence-electron chi connectivity index (χ4n) is 1.75. The highest BCUT2D eigenvalue weighted by Gasteiger charge is 2.32. The average molecular weight is 152 g/mol. The van der Waals surface area contributed by atoms with E-state index in [1.54, 1.807) is 0 Å². The number of nitrogens with one attached hydrogen (secondary N) is 1. The number of nitrogens with zero attached hydrogens (tertiary/aromatic N) is 1. The molecule has 0 saturated carbocycles. The van der Waals surface area contributed by atoms with Gasteiger partial charge in [-0.05, 0) is 6.42 Å². The summed E-state index contributed by atoms with van der Waals surface area (Å²) in [5.74, 6) is 0.535. The average Bonchev–Trinajstić information content (AvgIpc) is 2.35. The molecule has 3 nitrogen and oxygen atoms in total. The first-order valence-electron chi connectivity index (χ1n) is 3.99. The van der Waals surface area contributed by atoms with Gasteiger partial charge in [0, 0.05) is 25.7 Å². The number of carbonyl (C=O) groups is 1. The van der Waals surface area contributed by atoms with E-state index >= 15 is 0 Å². The topological polar surface area (TPSA) is 32.3 Å². The van der Waals surface area contributed by atoms with Gasteiger partial charge in [-0.2, -0.15) is 0 Å². The van der Waals surface area contributed by atoms with Crippen LogP contribution in [0.2, 0.25) is 0 Å². The summed E-state index contributed by atoms with van der Waals surface area (Å²) in [7, 11) is 1.96. The van der Waals surface area contributed by atoms with Crippen LogP contribution in [0.15, 0.2) is 11.8 Å². The Morgan fingerprint density at radius 1 is 1.73 bits per heavy atom. The van der Waals surface area contributed by atoms with E-state index in [1.165, 1.54) is 5.70 Å². The summed E-state index contributed by atoms with van der Waals surface area (Å²) in [5, 5.41) is 1.96. The zero-order chi connectivity index (χ0) is 7.84. The first kappa shape index (κ1) is 6.85. The number of ketones is 1. The molecule has 0 aromatic carbocycles. The Hall–Kier alpha value is -0.830. The summed E-state index contributed by atoms with van der Waals surface area (Å²) in [4.78, 5) is 11.3. The molecular weight excluding hydrogens is 140 g/mol. The number of hydrazine groups is 1. The number of hydrogen-bond acceptors (Lipinski definition) is 3. The molecule has 0 bridgehead atoms. The number of rotatable bonds is 0. The molecule has 2 rings (SSSR count). The van der Waals surface area contributed by atoms with E-state index < -0.39 is 0 Å². The van der Waals surface area contributed by atoms with Crippen molar-refractivity contribution in [2.24, 2.45) is 5.92 Å². The molecule has 1 N–H and O–H groups in total. The van der Waals surface area contributed by atoms with E-state index in [1.807, 2.05) is 12.1 Å². The molecule has 1 atom stereocenters. The molecule has 0 amide bonds. The fraction of sp³-hybridized carbons (Fsp3) is 0.625. The first-order valence-corrected chi connectivity index (χ1v) is 3.99. The van der Waals surface area contributed by atoms with Crippen molar-refractivity contribution in [2.45, 2.75) is 12.8 Å². The van der Waals surface area contributed by atoms with Crippen molar-refractivity contribution in [3.05, 3.63) is 11.8 Å². The van der Waals surface area contributed by atoms with Crippen LogP contribution in [0.5, 0.6) is 0 Å². The molecule has 0 spiro atoms. The lowest BCUT2D eigenvalue weighted by Gasteiger charge is -2.18. The monoisotopic (exact) mass is 152 g/mol. The number of allylic oxidation sites excluding steroid dienone is 1. The van der Waals surface area contributed by atoms with Crippen molar-refractivity contribution in [3.63, 3.8) is 0 Å². The molecule has 1 aliphatic heterocycles. The van der Waals surface area contributed by atoms with E-state index in [0.29, 0.717) is 5.78 Å². The summed E-state index contributed by atoms with van der Waals surface area (Å²) < 4.78 is 0. The predicted molar refractivity (Wildman–Crippen MR) is 41.6 cm³/mol. The third-order valence-electron chi connectivity index (χ3n) is 2.41. The van der Waals surface area contributed by atoms with Crippen molar-refractivity contribution < 1.29 is 4.79 Å². The molecule has 1 saturated heterocycles. The zero-order valence-electron chi connectivity index (χ0n) is 6.63. The Morgan fingerprint density at radius 3 is 3.27 bits per heavy atom. The summed E-state index contributed by atoms with van der Waals surface area (Å²) in [6, 6.07) is 0. The van der Waals surface area contributed by atoms with Gasteiger partial charge in [-0.3, -0.25) is 4.79 Å². The summed E-state index contributed by atoms with van der Waals surface area (Å²) >= 11 is 0. The summed E-state index contributed by atoms with van der Waals surface area (Å²) in [6.07, 6.45) is 3.80. The SMILES string of the molecule is CN1NCC2C(=O)CCC=C21. The minimum atomic E-state index is 0.147. The quantitative estimate of drug-likeness (QED) is 0.542. The molecule has 60 valence electrons. The van der Waals surface area contributed by atoms with Crippen LogP contribution in [0, 0.1) is 5.92 Å². The molecule has 1 unspecified atom stereocenters. The zero-order valence-corrected chi connectivity index (χ0v) is 6.63. The van der Waals surface area contributed by atoms with Crippen LogP contribution in [0.1, 0.15) is 12.8 Å². The molecular formula is C8H12N2O. The number of fused-ring (bicyclic) bond motifs is 1. The smallest absolute Gasteiger partial charge is 0.143 e. The van der Waals surface area contributed by atoms with Crippen LogP contribution in [0.3, 0.4) is 0 Å². The number of Topliss-reactive ketones (excluding diaryl/α,β-unsaturated/α-hetero) is 1. The van der Waals surface area contributed by atoms with E-state index in [0.717, 1.165) is 19.4 Å². The second kappa shape index (κ2) is 2.34. The Morgan fingerprint density at radius 2 is 2.55 bits per heavy atom. The highest BCUT2D eigenvalue weighted by Crippen LogP contribution is 2.26. The third kappa shape index (κ3) is 0.959. The number of carbonyl (C=O) groups excluding carboxylic acids is 1. The normalized spacial score (nSPS) is 30.3. The lowest BCUT2D eigenvalue weighted by Crippen LogP contribution is -2.24. The highest BCUT2D eigenvalue weighted by atomic mass is 16.1. The van der Waals surface area contributed by atoms with Gasteiger partial charge >= 0.3 is 0 Å². The van der Waals surface area contributed by atoms with E-state index in [4.69, 9.17) is 0 Å². The van der Waals surface area contributed by atoms with Crippen molar-refractivity contribution >= 4 is 5.78 Å². The standard InChI is InChI=1S/C8H12N2O/c1-10-7-3-2-4-8(11)6(7)5-9-10/h3,6,9H,2,4-5H2,1H3. The maximum absolute atomic E-state index is 11.3. The molecule has 0 aromatic rings. The third-order valence-corrected chi connectivity index (χ3v) is 2.41. The van der Waals surface area contributed by atoms with Crippen molar-refractivity contribution in [2.75, 3.05) is 13.6 Å². The Balaban J connectivity index is 2.28. The Kier molecular flexibility index (Phi) is 1.46. The summed E-state index contributed by atoms with van der Waals surface area (Å²) in [6.45, 7) is 0.793. The van der Waals surface area contributed by atoms with Crippen LogP contribution in [-0.2, 0) is 4.79 Å². The van der Waals surface area contributed by atoms with E-state index in [-0.39, 0.29) is 5.92 Å². The van der Waals surface area contributed by atoms with Gasteiger partial charge in [-0.15, -0.1) is 0 Å². The maximum Gasteiger partial charge on any atom is 0.143 e. The minimum absolute atomic E-state index is 0.147. The molecule has 0 aromatic heterocycles. The second-order valence-corrected chi connectivity index (χ2v) is 3.11. The van der Waals surface area contributed by atoms with Gasteiger partial charge < -0.3 is 5.01 Å². The van der Waals surface area contributed by atoms with Crippen molar-refractivity contribution in [3.8, 4) is 0 Å². The van der Waals surface area contributed by atoms with Gasteiger partial charge in [-0.25, -0.2) is 5.43 Å². The van der Waals surface area contributed by atoms with Crippen LogP contribution in [0.4, 0.5) is 0 Å². The second-order valence-electron chi connectivity index (χ2n) is 3.11. The van der Waals surface area contributed by atoms with E-state index in [2.05, 4.69) is 11.5 Å². The van der Waals surface area contributed by atoms with Gasteiger partial charge in [-0.1, -0.05) is 6.08 Å². The van der Waals surface area contributed by atoms with Crippen LogP contribution >= 0.6 is 0 Å². The van der Waals surface area contributed by atoms with Gasteiger partial charge in [0.25, 0.3) is 0 Å².